The van der Waals surface area contributed by atoms with E-state index in [1.807, 2.05) is 39.0 Å². The van der Waals surface area contributed by atoms with Crippen LogP contribution in [-0.2, 0) is 25.6 Å². The molecule has 0 unspecified atom stereocenters. The van der Waals surface area contributed by atoms with Crippen molar-refractivity contribution < 1.29 is 28.5 Å². The minimum atomic E-state index is -0.579. The Morgan fingerprint density at radius 1 is 1.06 bits per heavy atom. The van der Waals surface area contributed by atoms with Crippen molar-refractivity contribution in [3.05, 3.63) is 53.9 Å². The van der Waals surface area contributed by atoms with Gasteiger partial charge in [-0.15, -0.1) is 0 Å². The summed E-state index contributed by atoms with van der Waals surface area (Å²) >= 11 is 0. The fraction of sp³-hybridized carbons (Fsp3) is 0.519. The smallest absolute Gasteiger partial charge is 0.412 e. The van der Waals surface area contributed by atoms with Crippen LogP contribution in [0.1, 0.15) is 70.6 Å². The predicted octanol–water partition coefficient (Wildman–Crippen LogP) is 5.61. The molecule has 1 fully saturated rings. The molecule has 1 amide bonds. The highest BCUT2D eigenvalue weighted by Crippen LogP contribution is 2.38. The second-order valence-electron chi connectivity index (χ2n) is 9.54. The summed E-state index contributed by atoms with van der Waals surface area (Å²) in [6.45, 7) is 7.79. The molecule has 1 aromatic heterocycles. The summed E-state index contributed by atoms with van der Waals surface area (Å²) in [6, 6.07) is 11.4. The molecule has 8 heteroatoms. The number of ether oxygens (including phenoxy) is 4. The fourth-order valence-electron chi connectivity index (χ4n) is 4.11. The van der Waals surface area contributed by atoms with E-state index in [4.69, 9.17) is 18.9 Å². The molecule has 1 N–H and O–H groups in total. The van der Waals surface area contributed by atoms with Gasteiger partial charge in [0.05, 0.1) is 30.7 Å². The van der Waals surface area contributed by atoms with Crippen LogP contribution < -0.4 is 10.1 Å². The van der Waals surface area contributed by atoms with Gasteiger partial charge in [0.25, 0.3) is 0 Å². The first kappa shape index (κ1) is 26.5. The number of nitrogens with one attached hydrogen (secondary N) is 1. The first-order chi connectivity index (χ1) is 16.7. The van der Waals surface area contributed by atoms with Gasteiger partial charge in [0.15, 0.2) is 6.61 Å². The average Bonchev–Trinajstić information content (AvgIpc) is 2.82. The van der Waals surface area contributed by atoms with Crippen LogP contribution in [-0.4, -0.2) is 42.0 Å². The van der Waals surface area contributed by atoms with Crippen LogP contribution >= 0.6 is 0 Å². The molecule has 1 aliphatic rings. The number of anilines is 1. The van der Waals surface area contributed by atoms with E-state index in [2.05, 4.69) is 16.4 Å². The normalized spacial score (nSPS) is 17.9. The molecule has 3 rings (SSSR count). The lowest BCUT2D eigenvalue weighted by Crippen LogP contribution is -2.27. The van der Waals surface area contributed by atoms with Crippen molar-refractivity contribution >= 4 is 17.7 Å². The third-order valence-electron chi connectivity index (χ3n) is 5.67. The van der Waals surface area contributed by atoms with E-state index in [1.165, 1.54) is 0 Å². The Hall–Kier alpha value is -3.13. The molecular formula is C27H36N2O6. The number of hydrogen-bond donors (Lipinski definition) is 1. The standard InChI is InChI=1S/C27H36N2O6/c1-5-32-25(30)18-34-24-11-7-6-9-21(24)19-12-14-20(15-13-19)33-17-23-22(10-8-16-28-23)29-26(31)35-27(2,3)4/h6-11,16,19-20H,5,12-15,17-18H2,1-4H3,(H,29,31). The third kappa shape index (κ3) is 8.55. The minimum absolute atomic E-state index is 0.0902. The molecule has 0 aliphatic heterocycles. The van der Waals surface area contributed by atoms with Crippen molar-refractivity contribution in [2.45, 2.75) is 77.6 Å². The van der Waals surface area contributed by atoms with E-state index in [0.29, 0.717) is 30.5 Å². The Kier molecular flexibility index (Phi) is 9.48. The molecule has 1 heterocycles. The average molecular weight is 485 g/mol. The molecule has 0 saturated heterocycles. The molecule has 0 bridgehead atoms. The summed E-state index contributed by atoms with van der Waals surface area (Å²) < 4.78 is 22.2. The number of benzene rings is 1. The number of amides is 1. The number of carbonyl (C=O) groups excluding carboxylic acids is 2. The molecule has 2 aromatic rings. The zero-order valence-corrected chi connectivity index (χ0v) is 21.0. The van der Waals surface area contributed by atoms with Crippen LogP contribution in [0, 0.1) is 0 Å². The largest absolute Gasteiger partial charge is 0.482 e. The summed E-state index contributed by atoms with van der Waals surface area (Å²) in [4.78, 5) is 28.2. The molecule has 1 saturated carbocycles. The minimum Gasteiger partial charge on any atom is -0.482 e. The van der Waals surface area contributed by atoms with Crippen molar-refractivity contribution in [1.29, 1.82) is 0 Å². The molecule has 0 atom stereocenters. The van der Waals surface area contributed by atoms with Crippen molar-refractivity contribution in [1.82, 2.24) is 4.98 Å². The number of pyridine rings is 1. The zero-order valence-electron chi connectivity index (χ0n) is 21.0. The maximum atomic E-state index is 12.2. The van der Waals surface area contributed by atoms with Gasteiger partial charge in [-0.05, 0) is 83.1 Å². The second kappa shape index (κ2) is 12.5. The summed E-state index contributed by atoms with van der Waals surface area (Å²) in [7, 11) is 0. The van der Waals surface area contributed by atoms with Crippen molar-refractivity contribution in [3.8, 4) is 5.75 Å². The van der Waals surface area contributed by atoms with Crippen LogP contribution in [0.5, 0.6) is 5.75 Å². The van der Waals surface area contributed by atoms with E-state index in [-0.39, 0.29) is 18.7 Å². The van der Waals surface area contributed by atoms with Gasteiger partial charge in [0.1, 0.15) is 11.4 Å². The Morgan fingerprint density at radius 2 is 1.80 bits per heavy atom. The molecule has 1 aromatic carbocycles. The number of nitrogens with zero attached hydrogens (tertiary/aromatic N) is 1. The summed E-state index contributed by atoms with van der Waals surface area (Å²) in [5.74, 6) is 0.707. The molecule has 0 radical (unpaired) electrons. The first-order valence-electron chi connectivity index (χ1n) is 12.2. The molecule has 35 heavy (non-hydrogen) atoms. The molecule has 190 valence electrons. The van der Waals surface area contributed by atoms with E-state index in [9.17, 15) is 9.59 Å². The van der Waals surface area contributed by atoms with Gasteiger partial charge in [-0.2, -0.15) is 0 Å². The monoisotopic (exact) mass is 484 g/mol. The van der Waals surface area contributed by atoms with Crippen molar-refractivity contribution in [2.24, 2.45) is 0 Å². The first-order valence-corrected chi connectivity index (χ1v) is 12.2. The number of rotatable bonds is 9. The Morgan fingerprint density at radius 3 is 2.51 bits per heavy atom. The number of para-hydroxylation sites is 1. The highest BCUT2D eigenvalue weighted by Gasteiger charge is 2.26. The number of hydrogen-bond acceptors (Lipinski definition) is 7. The van der Waals surface area contributed by atoms with Gasteiger partial charge in [-0.1, -0.05) is 18.2 Å². The van der Waals surface area contributed by atoms with Crippen molar-refractivity contribution in [3.63, 3.8) is 0 Å². The fourth-order valence-corrected chi connectivity index (χ4v) is 4.11. The highest BCUT2D eigenvalue weighted by molar-refractivity contribution is 5.85. The van der Waals surface area contributed by atoms with Crippen molar-refractivity contribution in [2.75, 3.05) is 18.5 Å². The van der Waals surface area contributed by atoms with Crippen LogP contribution in [0.25, 0.3) is 0 Å². The third-order valence-corrected chi connectivity index (χ3v) is 5.67. The summed E-state index contributed by atoms with van der Waals surface area (Å²) in [5, 5.41) is 2.77. The Labute approximate surface area is 207 Å². The van der Waals surface area contributed by atoms with Crippen LogP contribution in [0.15, 0.2) is 42.6 Å². The maximum absolute atomic E-state index is 12.2. The van der Waals surface area contributed by atoms with Crippen LogP contribution in [0.2, 0.25) is 0 Å². The lowest BCUT2D eigenvalue weighted by molar-refractivity contribution is -0.145. The van der Waals surface area contributed by atoms with Crippen LogP contribution in [0.3, 0.4) is 0 Å². The van der Waals surface area contributed by atoms with E-state index < -0.39 is 11.7 Å². The van der Waals surface area contributed by atoms with Gasteiger partial charge >= 0.3 is 12.1 Å². The van der Waals surface area contributed by atoms with Gasteiger partial charge in [0, 0.05) is 6.20 Å². The van der Waals surface area contributed by atoms with Gasteiger partial charge in [-0.25, -0.2) is 9.59 Å². The SMILES string of the molecule is CCOC(=O)COc1ccccc1C1CCC(OCc2ncccc2NC(=O)OC(C)(C)C)CC1. The van der Waals surface area contributed by atoms with Gasteiger partial charge in [-0.3, -0.25) is 10.3 Å². The molecule has 8 nitrogen and oxygen atoms in total. The molecule has 0 spiro atoms. The lowest BCUT2D eigenvalue weighted by Gasteiger charge is -2.30. The summed E-state index contributed by atoms with van der Waals surface area (Å²) in [5.41, 5.74) is 1.79. The quantitative estimate of drug-likeness (QED) is 0.462. The Balaban J connectivity index is 1.52. The van der Waals surface area contributed by atoms with Gasteiger partial charge < -0.3 is 18.9 Å². The number of carbonyl (C=O) groups is 2. The Bertz CT molecular complexity index is 980. The van der Waals surface area contributed by atoms with E-state index >= 15 is 0 Å². The summed E-state index contributed by atoms with van der Waals surface area (Å²) in [6.07, 6.45) is 4.98. The lowest BCUT2D eigenvalue weighted by atomic mass is 9.82. The molecule has 1 aliphatic carbocycles. The number of aromatic nitrogens is 1. The zero-order chi connectivity index (χ0) is 25.3. The molecular weight excluding hydrogens is 448 g/mol. The number of esters is 1. The van der Waals surface area contributed by atoms with Gasteiger partial charge in [0.2, 0.25) is 0 Å². The maximum Gasteiger partial charge on any atom is 0.412 e. The van der Waals surface area contributed by atoms with E-state index in [1.54, 1.807) is 25.3 Å². The highest BCUT2D eigenvalue weighted by atomic mass is 16.6. The second-order valence-corrected chi connectivity index (χ2v) is 9.54. The van der Waals surface area contributed by atoms with Crippen LogP contribution in [0.4, 0.5) is 10.5 Å². The topological polar surface area (TPSA) is 96.0 Å². The predicted molar refractivity (Wildman–Crippen MR) is 132 cm³/mol. The van der Waals surface area contributed by atoms with E-state index in [0.717, 1.165) is 37.0 Å².